The molecule has 0 aromatic heterocycles. The molecule has 1 saturated heterocycles. The molecule has 2 heterocycles. The van der Waals surface area contributed by atoms with E-state index in [-0.39, 0.29) is 30.9 Å². The van der Waals surface area contributed by atoms with Gasteiger partial charge in [-0.3, -0.25) is 19.3 Å². The number of ketones is 1. The van der Waals surface area contributed by atoms with Crippen molar-refractivity contribution in [3.8, 4) is 11.5 Å². The molecule has 2 amide bonds. The third-order valence-electron chi connectivity index (χ3n) is 4.71. The molecule has 0 spiro atoms. The predicted octanol–water partition coefficient (Wildman–Crippen LogP) is 0.262. The number of hydrogen-bond donors (Lipinski definition) is 1. The number of carbonyl (C=O) groups excluding carboxylic acids is 3. The first-order valence-corrected chi connectivity index (χ1v) is 9.23. The van der Waals surface area contributed by atoms with E-state index in [0.717, 1.165) is 0 Å². The molecule has 9 nitrogen and oxygen atoms in total. The summed E-state index contributed by atoms with van der Waals surface area (Å²) in [6.45, 7) is 4.59. The minimum absolute atomic E-state index is 0.0977. The van der Waals surface area contributed by atoms with Crippen LogP contribution >= 0.6 is 0 Å². The Labute approximate surface area is 164 Å². The average molecular weight is 390 g/mol. The number of rotatable bonds is 6. The van der Waals surface area contributed by atoms with Crippen molar-refractivity contribution in [2.24, 2.45) is 0 Å². The van der Waals surface area contributed by atoms with Gasteiger partial charge in [-0.05, 0) is 27.1 Å². The normalized spacial score (nSPS) is 16.4. The van der Waals surface area contributed by atoms with Crippen LogP contribution in [0, 0.1) is 0 Å². The summed E-state index contributed by atoms with van der Waals surface area (Å²) < 4.78 is 10.6. The Kier molecular flexibility index (Phi) is 6.15. The van der Waals surface area contributed by atoms with E-state index in [2.05, 4.69) is 5.32 Å². The molecule has 2 aliphatic heterocycles. The van der Waals surface area contributed by atoms with E-state index in [1.54, 1.807) is 12.1 Å². The summed E-state index contributed by atoms with van der Waals surface area (Å²) in [7, 11) is 3.73. The third-order valence-corrected chi connectivity index (χ3v) is 4.71. The fourth-order valence-electron chi connectivity index (χ4n) is 3.26. The van der Waals surface area contributed by atoms with Crippen LogP contribution in [0.3, 0.4) is 0 Å². The number of nitrogens with zero attached hydrogens (tertiary/aromatic N) is 3. The van der Waals surface area contributed by atoms with Crippen molar-refractivity contribution in [2.75, 3.05) is 65.5 Å². The summed E-state index contributed by atoms with van der Waals surface area (Å²) in [5.74, 6) is 0.728. The standard InChI is InChI=1S/C19H26N4O5/c1-13(24)14-8-16-17(28-12-27-16)9-15(14)20-18(25)10-22-4-6-23(7-5-22)19(26)11-21(2)3/h8-9H,4-7,10-12H2,1-3H3,(H,20,25). The lowest BCUT2D eigenvalue weighted by atomic mass is 10.1. The smallest absolute Gasteiger partial charge is 0.238 e. The van der Waals surface area contributed by atoms with Gasteiger partial charge in [0.25, 0.3) is 0 Å². The van der Waals surface area contributed by atoms with E-state index >= 15 is 0 Å². The van der Waals surface area contributed by atoms with E-state index < -0.39 is 0 Å². The second-order valence-electron chi connectivity index (χ2n) is 7.25. The molecule has 152 valence electrons. The van der Waals surface area contributed by atoms with Crippen LogP contribution in [0.15, 0.2) is 12.1 Å². The molecule has 0 saturated carbocycles. The fraction of sp³-hybridized carbons (Fsp3) is 0.526. The maximum Gasteiger partial charge on any atom is 0.238 e. The molecule has 0 atom stereocenters. The van der Waals surface area contributed by atoms with E-state index in [1.807, 2.05) is 28.8 Å². The lowest BCUT2D eigenvalue weighted by Gasteiger charge is -2.34. The lowest BCUT2D eigenvalue weighted by Crippen LogP contribution is -2.52. The maximum atomic E-state index is 12.5. The molecule has 3 rings (SSSR count). The highest BCUT2D eigenvalue weighted by Crippen LogP contribution is 2.37. The summed E-state index contributed by atoms with van der Waals surface area (Å²) in [6, 6.07) is 3.21. The van der Waals surface area contributed by atoms with Crippen LogP contribution in [-0.2, 0) is 9.59 Å². The molecular weight excluding hydrogens is 364 g/mol. The molecule has 0 bridgehead atoms. The van der Waals surface area contributed by atoms with Crippen LogP contribution in [0.5, 0.6) is 11.5 Å². The Morgan fingerprint density at radius 2 is 1.71 bits per heavy atom. The zero-order valence-corrected chi connectivity index (χ0v) is 16.5. The molecular formula is C19H26N4O5. The highest BCUT2D eigenvalue weighted by atomic mass is 16.7. The number of amides is 2. The molecule has 1 aromatic carbocycles. The number of hydrogen-bond acceptors (Lipinski definition) is 7. The Bertz CT molecular complexity index is 772. The minimum Gasteiger partial charge on any atom is -0.454 e. The van der Waals surface area contributed by atoms with Crippen LogP contribution in [0.4, 0.5) is 5.69 Å². The summed E-state index contributed by atoms with van der Waals surface area (Å²) >= 11 is 0. The number of likely N-dealkylation sites (N-methyl/N-ethyl adjacent to an activating group) is 1. The maximum absolute atomic E-state index is 12.5. The summed E-state index contributed by atoms with van der Waals surface area (Å²) in [5.41, 5.74) is 0.804. The molecule has 1 N–H and O–H groups in total. The minimum atomic E-state index is -0.213. The SMILES string of the molecule is CC(=O)c1cc2c(cc1NC(=O)CN1CCN(C(=O)CN(C)C)CC1)OCO2. The topological polar surface area (TPSA) is 91.4 Å². The number of piperazine rings is 1. The van der Waals surface area contributed by atoms with Crippen molar-refractivity contribution >= 4 is 23.3 Å². The Morgan fingerprint density at radius 1 is 1.07 bits per heavy atom. The van der Waals surface area contributed by atoms with Gasteiger partial charge in [0.1, 0.15) is 0 Å². The Balaban J connectivity index is 1.56. The molecule has 28 heavy (non-hydrogen) atoms. The zero-order valence-electron chi connectivity index (χ0n) is 16.5. The lowest BCUT2D eigenvalue weighted by molar-refractivity contribution is -0.133. The second kappa shape index (κ2) is 8.57. The van der Waals surface area contributed by atoms with Crippen LogP contribution in [0.2, 0.25) is 0 Å². The molecule has 1 aromatic rings. The van der Waals surface area contributed by atoms with Crippen LogP contribution in [0.25, 0.3) is 0 Å². The van der Waals surface area contributed by atoms with Gasteiger partial charge in [0.15, 0.2) is 17.3 Å². The van der Waals surface area contributed by atoms with Gasteiger partial charge >= 0.3 is 0 Å². The highest BCUT2D eigenvalue weighted by Gasteiger charge is 2.24. The van der Waals surface area contributed by atoms with Gasteiger partial charge in [-0.2, -0.15) is 0 Å². The summed E-state index contributed by atoms with van der Waals surface area (Å²) in [6.07, 6.45) is 0. The number of anilines is 1. The molecule has 9 heteroatoms. The van der Waals surface area contributed by atoms with Gasteiger partial charge in [-0.25, -0.2) is 0 Å². The van der Waals surface area contributed by atoms with Crippen molar-refractivity contribution in [3.05, 3.63) is 17.7 Å². The molecule has 1 fully saturated rings. The van der Waals surface area contributed by atoms with Crippen molar-refractivity contribution < 1.29 is 23.9 Å². The third kappa shape index (κ3) is 4.79. The first-order valence-electron chi connectivity index (χ1n) is 9.23. The van der Waals surface area contributed by atoms with Crippen LogP contribution in [0.1, 0.15) is 17.3 Å². The van der Waals surface area contributed by atoms with Crippen molar-refractivity contribution in [1.29, 1.82) is 0 Å². The molecule has 2 aliphatic rings. The van der Waals surface area contributed by atoms with Gasteiger partial charge < -0.3 is 24.6 Å². The molecule has 0 unspecified atom stereocenters. The largest absolute Gasteiger partial charge is 0.454 e. The Morgan fingerprint density at radius 3 is 2.32 bits per heavy atom. The first kappa shape index (κ1) is 20.1. The number of fused-ring (bicyclic) bond motifs is 1. The number of Topliss-reactive ketones (excluding diaryl/α,β-unsaturated/α-hetero) is 1. The average Bonchev–Trinajstić information content (AvgIpc) is 3.08. The molecule has 0 radical (unpaired) electrons. The van der Waals surface area contributed by atoms with Crippen molar-refractivity contribution in [1.82, 2.24) is 14.7 Å². The molecule has 0 aliphatic carbocycles. The van der Waals surface area contributed by atoms with Gasteiger partial charge in [-0.15, -0.1) is 0 Å². The van der Waals surface area contributed by atoms with E-state index in [4.69, 9.17) is 9.47 Å². The zero-order chi connectivity index (χ0) is 20.3. The number of benzene rings is 1. The number of nitrogens with one attached hydrogen (secondary N) is 1. The Hall–Kier alpha value is -2.65. The van der Waals surface area contributed by atoms with E-state index in [0.29, 0.717) is 55.5 Å². The predicted molar refractivity (Wildman–Crippen MR) is 103 cm³/mol. The van der Waals surface area contributed by atoms with Crippen LogP contribution < -0.4 is 14.8 Å². The van der Waals surface area contributed by atoms with Gasteiger partial charge in [0.2, 0.25) is 18.6 Å². The van der Waals surface area contributed by atoms with Crippen molar-refractivity contribution in [2.45, 2.75) is 6.92 Å². The summed E-state index contributed by atoms with van der Waals surface area (Å²) in [4.78, 5) is 42.2. The van der Waals surface area contributed by atoms with Crippen molar-refractivity contribution in [3.63, 3.8) is 0 Å². The van der Waals surface area contributed by atoms with E-state index in [1.165, 1.54) is 6.92 Å². The van der Waals surface area contributed by atoms with Gasteiger partial charge in [0, 0.05) is 37.8 Å². The van der Waals surface area contributed by atoms with E-state index in [9.17, 15) is 14.4 Å². The second-order valence-corrected chi connectivity index (χ2v) is 7.25. The monoisotopic (exact) mass is 390 g/mol. The number of ether oxygens (including phenoxy) is 2. The quantitative estimate of drug-likeness (QED) is 0.697. The van der Waals surface area contributed by atoms with Crippen LogP contribution in [-0.4, -0.2) is 92.5 Å². The van der Waals surface area contributed by atoms with Gasteiger partial charge in [-0.1, -0.05) is 0 Å². The fourth-order valence-corrected chi connectivity index (χ4v) is 3.26. The summed E-state index contributed by atoms with van der Waals surface area (Å²) in [5, 5.41) is 2.80. The first-order chi connectivity index (χ1) is 13.3. The number of carbonyl (C=O) groups is 3. The highest BCUT2D eigenvalue weighted by molar-refractivity contribution is 6.05. The van der Waals surface area contributed by atoms with Gasteiger partial charge in [0.05, 0.1) is 18.8 Å².